The number of hydrogen-bond acceptors (Lipinski definition) is 3. The molecule has 0 amide bonds. The average Bonchev–Trinajstić information content (AvgIpc) is 2.48. The predicted molar refractivity (Wildman–Crippen MR) is 87.2 cm³/mol. The maximum atomic E-state index is 10.6. The van der Waals surface area contributed by atoms with Gasteiger partial charge < -0.3 is 14.6 Å². The van der Waals surface area contributed by atoms with Crippen LogP contribution in [0.15, 0.2) is 34.8 Å². The lowest BCUT2D eigenvalue weighted by Crippen LogP contribution is -2.04. The Morgan fingerprint density at radius 2 is 1.62 bits per heavy atom. The van der Waals surface area contributed by atoms with E-state index < -0.39 is 6.10 Å². The van der Waals surface area contributed by atoms with Crippen molar-refractivity contribution in [2.45, 2.75) is 20.0 Å². The molecule has 112 valence electrons. The summed E-state index contributed by atoms with van der Waals surface area (Å²) in [5.74, 6) is 1.58. The van der Waals surface area contributed by atoms with Gasteiger partial charge in [0, 0.05) is 0 Å². The van der Waals surface area contributed by atoms with Crippen molar-refractivity contribution in [3.05, 3.63) is 57.1 Å². The van der Waals surface area contributed by atoms with E-state index in [2.05, 4.69) is 15.9 Å². The first-order valence-electron chi connectivity index (χ1n) is 6.64. The number of aryl methyl sites for hydroxylation is 2. The Kier molecular flexibility index (Phi) is 4.91. The van der Waals surface area contributed by atoms with Crippen molar-refractivity contribution in [2.75, 3.05) is 14.2 Å². The fraction of sp³-hybridized carbons (Fsp3) is 0.294. The second-order valence-electron chi connectivity index (χ2n) is 4.97. The molecule has 2 aromatic rings. The molecule has 0 saturated carbocycles. The van der Waals surface area contributed by atoms with Crippen LogP contribution >= 0.6 is 15.9 Å². The first kappa shape index (κ1) is 15.9. The molecule has 21 heavy (non-hydrogen) atoms. The highest BCUT2D eigenvalue weighted by atomic mass is 79.9. The molecule has 0 aliphatic carbocycles. The molecular weight excluding hydrogens is 332 g/mol. The van der Waals surface area contributed by atoms with Crippen LogP contribution in [-0.2, 0) is 0 Å². The van der Waals surface area contributed by atoms with Gasteiger partial charge in [-0.3, -0.25) is 0 Å². The van der Waals surface area contributed by atoms with Crippen LogP contribution in [0, 0.1) is 13.8 Å². The molecule has 0 bridgehead atoms. The topological polar surface area (TPSA) is 38.7 Å². The molecule has 0 radical (unpaired) electrons. The zero-order chi connectivity index (χ0) is 15.6. The van der Waals surface area contributed by atoms with Gasteiger partial charge in [-0.15, -0.1) is 0 Å². The van der Waals surface area contributed by atoms with Gasteiger partial charge in [-0.1, -0.05) is 6.07 Å². The lowest BCUT2D eigenvalue weighted by Gasteiger charge is -2.17. The summed E-state index contributed by atoms with van der Waals surface area (Å²) in [6.45, 7) is 3.94. The van der Waals surface area contributed by atoms with Gasteiger partial charge in [0.05, 0.1) is 18.7 Å². The second-order valence-corrected chi connectivity index (χ2v) is 5.83. The van der Waals surface area contributed by atoms with Crippen LogP contribution in [0.5, 0.6) is 11.5 Å². The Morgan fingerprint density at radius 1 is 0.952 bits per heavy atom. The molecule has 1 atom stereocenters. The molecule has 0 aliphatic rings. The molecule has 0 saturated heterocycles. The summed E-state index contributed by atoms with van der Waals surface area (Å²) < 4.78 is 11.3. The van der Waals surface area contributed by atoms with Crippen LogP contribution in [0.25, 0.3) is 0 Å². The number of aliphatic hydroxyl groups is 1. The van der Waals surface area contributed by atoms with Crippen LogP contribution in [0.4, 0.5) is 0 Å². The van der Waals surface area contributed by atoms with Crippen molar-refractivity contribution in [3.63, 3.8) is 0 Å². The van der Waals surface area contributed by atoms with Crippen LogP contribution in [-0.4, -0.2) is 19.3 Å². The molecule has 2 aromatic carbocycles. The van der Waals surface area contributed by atoms with Crippen LogP contribution in [0.1, 0.15) is 28.4 Å². The van der Waals surface area contributed by atoms with Gasteiger partial charge in [-0.2, -0.15) is 0 Å². The third-order valence-corrected chi connectivity index (χ3v) is 4.19. The highest BCUT2D eigenvalue weighted by Gasteiger charge is 2.16. The van der Waals surface area contributed by atoms with E-state index >= 15 is 0 Å². The Hall–Kier alpha value is -1.52. The maximum Gasteiger partial charge on any atom is 0.133 e. The van der Waals surface area contributed by atoms with Crippen molar-refractivity contribution in [2.24, 2.45) is 0 Å². The quantitative estimate of drug-likeness (QED) is 0.899. The largest absolute Gasteiger partial charge is 0.496 e. The van der Waals surface area contributed by atoms with Crippen molar-refractivity contribution in [3.8, 4) is 11.5 Å². The first-order valence-corrected chi connectivity index (χ1v) is 7.44. The monoisotopic (exact) mass is 350 g/mol. The van der Waals surface area contributed by atoms with Gasteiger partial charge in [-0.05, 0) is 76.3 Å². The fourth-order valence-electron chi connectivity index (χ4n) is 2.36. The van der Waals surface area contributed by atoms with Gasteiger partial charge in [-0.25, -0.2) is 0 Å². The number of rotatable bonds is 4. The summed E-state index contributed by atoms with van der Waals surface area (Å²) in [6.07, 6.45) is -0.684. The molecule has 1 unspecified atom stereocenters. The summed E-state index contributed by atoms with van der Waals surface area (Å²) in [4.78, 5) is 0. The van der Waals surface area contributed by atoms with E-state index in [1.807, 2.05) is 44.2 Å². The second kappa shape index (κ2) is 6.50. The van der Waals surface area contributed by atoms with Gasteiger partial charge in [0.15, 0.2) is 0 Å². The van der Waals surface area contributed by atoms with E-state index in [1.54, 1.807) is 14.2 Å². The van der Waals surface area contributed by atoms with Crippen LogP contribution in [0.2, 0.25) is 0 Å². The van der Waals surface area contributed by atoms with E-state index in [0.717, 1.165) is 38.2 Å². The molecule has 0 aliphatic heterocycles. The Morgan fingerprint density at radius 3 is 2.19 bits per heavy atom. The Labute approximate surface area is 133 Å². The molecule has 1 N–H and O–H groups in total. The molecule has 3 nitrogen and oxygen atoms in total. The summed E-state index contributed by atoms with van der Waals surface area (Å²) >= 11 is 3.45. The number of aliphatic hydroxyl groups excluding tert-OH is 1. The van der Waals surface area contributed by atoms with E-state index in [0.29, 0.717) is 0 Å². The molecule has 0 fully saturated rings. The molecular formula is C17H19BrO3. The molecule has 2 rings (SSSR count). The molecule has 0 heterocycles. The van der Waals surface area contributed by atoms with E-state index in [-0.39, 0.29) is 0 Å². The third kappa shape index (κ3) is 3.22. The Balaban J connectivity index is 2.42. The number of halogens is 1. The highest BCUT2D eigenvalue weighted by Crippen LogP contribution is 2.33. The van der Waals surface area contributed by atoms with Crippen LogP contribution in [0.3, 0.4) is 0 Å². The molecule has 0 spiro atoms. The average molecular weight is 351 g/mol. The highest BCUT2D eigenvalue weighted by molar-refractivity contribution is 9.10. The predicted octanol–water partition coefficient (Wildman–Crippen LogP) is 4.16. The van der Waals surface area contributed by atoms with E-state index in [9.17, 15) is 5.11 Å². The van der Waals surface area contributed by atoms with Crippen molar-refractivity contribution in [1.82, 2.24) is 0 Å². The number of hydrogen-bond donors (Lipinski definition) is 1. The zero-order valence-corrected chi connectivity index (χ0v) is 14.2. The minimum Gasteiger partial charge on any atom is -0.496 e. The van der Waals surface area contributed by atoms with Gasteiger partial charge >= 0.3 is 0 Å². The summed E-state index contributed by atoms with van der Waals surface area (Å²) in [6, 6.07) is 9.51. The third-order valence-electron chi connectivity index (χ3n) is 3.57. The van der Waals surface area contributed by atoms with Gasteiger partial charge in [0.1, 0.15) is 17.6 Å². The van der Waals surface area contributed by atoms with Crippen molar-refractivity contribution >= 4 is 15.9 Å². The summed E-state index contributed by atoms with van der Waals surface area (Å²) in [5, 5.41) is 10.6. The van der Waals surface area contributed by atoms with E-state index in [4.69, 9.17) is 9.47 Å². The van der Waals surface area contributed by atoms with Crippen molar-refractivity contribution in [1.29, 1.82) is 0 Å². The van der Waals surface area contributed by atoms with Gasteiger partial charge in [0.25, 0.3) is 0 Å². The number of benzene rings is 2. The lowest BCUT2D eigenvalue weighted by atomic mass is 9.95. The normalized spacial score (nSPS) is 12.1. The standard InChI is InChI=1S/C17H19BrO3/c1-10-8-16(21-4)11(2)7-13(10)17(19)12-5-6-15(20-3)14(18)9-12/h5-9,17,19H,1-4H3. The minimum atomic E-state index is -0.684. The number of methoxy groups -OCH3 is 2. The first-order chi connectivity index (χ1) is 9.97. The number of ether oxygens (including phenoxy) is 2. The zero-order valence-electron chi connectivity index (χ0n) is 12.6. The van der Waals surface area contributed by atoms with Crippen LogP contribution < -0.4 is 9.47 Å². The van der Waals surface area contributed by atoms with E-state index in [1.165, 1.54) is 0 Å². The van der Waals surface area contributed by atoms with Gasteiger partial charge in [0.2, 0.25) is 0 Å². The SMILES string of the molecule is COc1cc(C)c(C(O)c2ccc(OC)c(Br)c2)cc1C. The van der Waals surface area contributed by atoms with Crippen molar-refractivity contribution < 1.29 is 14.6 Å². The maximum absolute atomic E-state index is 10.6. The summed E-state index contributed by atoms with van der Waals surface area (Å²) in [7, 11) is 3.27. The fourth-order valence-corrected chi connectivity index (χ4v) is 2.92. The summed E-state index contributed by atoms with van der Waals surface area (Å²) in [5.41, 5.74) is 3.70. The molecule has 0 aromatic heterocycles. The molecule has 4 heteroatoms. The minimum absolute atomic E-state index is 0.684. The smallest absolute Gasteiger partial charge is 0.133 e. The Bertz CT molecular complexity index is 653. The lowest BCUT2D eigenvalue weighted by molar-refractivity contribution is 0.219.